The number of rotatable bonds is 4. The summed E-state index contributed by atoms with van der Waals surface area (Å²) in [4.78, 5) is 12.1. The van der Waals surface area contributed by atoms with Crippen molar-refractivity contribution in [3.8, 4) is 0 Å². The van der Waals surface area contributed by atoms with Gasteiger partial charge in [-0.3, -0.25) is 0 Å². The van der Waals surface area contributed by atoms with Crippen molar-refractivity contribution in [3.05, 3.63) is 65.5 Å². The van der Waals surface area contributed by atoms with E-state index in [0.717, 1.165) is 6.26 Å². The van der Waals surface area contributed by atoms with Crippen LogP contribution < -0.4 is 0 Å². The highest BCUT2D eigenvalue weighted by Crippen LogP contribution is 2.19. The van der Waals surface area contributed by atoms with Crippen molar-refractivity contribution in [2.24, 2.45) is 0 Å². The average Bonchev–Trinajstić information content (AvgIpc) is 2.47. The van der Waals surface area contributed by atoms with Gasteiger partial charge in [-0.2, -0.15) is 0 Å². The molecule has 0 fully saturated rings. The summed E-state index contributed by atoms with van der Waals surface area (Å²) in [5, 5.41) is 0. The number of halogens is 1. The molecule has 0 aliphatic heterocycles. The van der Waals surface area contributed by atoms with Crippen LogP contribution in [-0.2, 0) is 14.6 Å². The normalized spacial score (nSPS) is 12.7. The molecular formula is C16H15FO4S. The Kier molecular flexibility index (Phi) is 4.61. The standard InChI is InChI=1S/C16H15FO4S/c1-11(12-3-7-14(17)8-4-12)21-16(18)13-5-9-15(10-6-13)22(2,19)20/h3-11H,1-2H3. The van der Waals surface area contributed by atoms with Crippen molar-refractivity contribution in [1.29, 1.82) is 0 Å². The van der Waals surface area contributed by atoms with Gasteiger partial charge in [0.2, 0.25) is 0 Å². The van der Waals surface area contributed by atoms with Crippen molar-refractivity contribution in [2.45, 2.75) is 17.9 Å². The smallest absolute Gasteiger partial charge is 0.338 e. The van der Waals surface area contributed by atoms with E-state index >= 15 is 0 Å². The van der Waals surface area contributed by atoms with E-state index < -0.39 is 21.9 Å². The topological polar surface area (TPSA) is 60.4 Å². The van der Waals surface area contributed by atoms with Crippen LogP contribution in [0, 0.1) is 5.82 Å². The molecule has 0 N–H and O–H groups in total. The number of hydrogen-bond donors (Lipinski definition) is 0. The van der Waals surface area contributed by atoms with E-state index in [2.05, 4.69) is 0 Å². The molecule has 6 heteroatoms. The Hall–Kier alpha value is -2.21. The van der Waals surface area contributed by atoms with Crippen molar-refractivity contribution in [1.82, 2.24) is 0 Å². The molecule has 0 spiro atoms. The molecule has 116 valence electrons. The SMILES string of the molecule is CC(OC(=O)c1ccc(S(C)(=O)=O)cc1)c1ccc(F)cc1. The van der Waals surface area contributed by atoms with Crippen molar-refractivity contribution in [3.63, 3.8) is 0 Å². The summed E-state index contributed by atoms with van der Waals surface area (Å²) in [6.45, 7) is 1.68. The molecule has 4 nitrogen and oxygen atoms in total. The van der Waals surface area contributed by atoms with Crippen LogP contribution in [0.4, 0.5) is 4.39 Å². The minimum absolute atomic E-state index is 0.135. The number of sulfone groups is 1. The second kappa shape index (κ2) is 6.27. The van der Waals surface area contributed by atoms with Gasteiger partial charge in [-0.05, 0) is 48.9 Å². The highest BCUT2D eigenvalue weighted by Gasteiger charge is 2.15. The summed E-state index contributed by atoms with van der Waals surface area (Å²) in [7, 11) is -3.30. The lowest BCUT2D eigenvalue weighted by Gasteiger charge is -2.13. The predicted octanol–water partition coefficient (Wildman–Crippen LogP) is 3.15. The van der Waals surface area contributed by atoms with Crippen LogP contribution in [0.15, 0.2) is 53.4 Å². The van der Waals surface area contributed by atoms with E-state index in [9.17, 15) is 17.6 Å². The summed E-state index contributed by atoms with van der Waals surface area (Å²) >= 11 is 0. The third-order valence-corrected chi connectivity index (χ3v) is 4.27. The minimum Gasteiger partial charge on any atom is -0.454 e. The van der Waals surface area contributed by atoms with Crippen LogP contribution in [0.5, 0.6) is 0 Å². The second-order valence-corrected chi connectivity index (χ2v) is 6.91. The molecule has 0 bridgehead atoms. The maximum absolute atomic E-state index is 12.9. The Labute approximate surface area is 128 Å². The summed E-state index contributed by atoms with van der Waals surface area (Å²) in [6.07, 6.45) is 0.555. The van der Waals surface area contributed by atoms with E-state index in [1.807, 2.05) is 0 Å². The molecule has 0 saturated heterocycles. The fourth-order valence-electron chi connectivity index (χ4n) is 1.87. The largest absolute Gasteiger partial charge is 0.454 e. The third kappa shape index (κ3) is 3.92. The zero-order chi connectivity index (χ0) is 16.3. The number of hydrogen-bond acceptors (Lipinski definition) is 4. The first kappa shape index (κ1) is 16.2. The number of benzene rings is 2. The molecule has 2 aromatic rings. The zero-order valence-electron chi connectivity index (χ0n) is 12.1. The molecule has 2 aromatic carbocycles. The van der Waals surface area contributed by atoms with Gasteiger partial charge in [-0.25, -0.2) is 17.6 Å². The van der Waals surface area contributed by atoms with Gasteiger partial charge in [-0.15, -0.1) is 0 Å². The van der Waals surface area contributed by atoms with Gasteiger partial charge >= 0.3 is 5.97 Å². The third-order valence-electron chi connectivity index (χ3n) is 3.14. The van der Waals surface area contributed by atoms with Gasteiger partial charge in [0.05, 0.1) is 10.5 Å². The van der Waals surface area contributed by atoms with Crippen LogP contribution in [0.2, 0.25) is 0 Å². The van der Waals surface area contributed by atoms with Gasteiger partial charge < -0.3 is 4.74 Å². The number of ether oxygens (including phenoxy) is 1. The molecule has 2 rings (SSSR count). The lowest BCUT2D eigenvalue weighted by atomic mass is 10.1. The summed E-state index contributed by atoms with van der Waals surface area (Å²) in [5.74, 6) is -0.935. The van der Waals surface area contributed by atoms with Gasteiger partial charge in [0.1, 0.15) is 11.9 Å². The van der Waals surface area contributed by atoms with Crippen LogP contribution in [0.25, 0.3) is 0 Å². The fraction of sp³-hybridized carbons (Fsp3) is 0.188. The first-order chi connectivity index (χ1) is 10.3. The number of esters is 1. The van der Waals surface area contributed by atoms with Crippen LogP contribution >= 0.6 is 0 Å². The van der Waals surface area contributed by atoms with Gasteiger partial charge in [0.25, 0.3) is 0 Å². The Morgan fingerprint density at radius 3 is 2.09 bits per heavy atom. The Bertz CT molecular complexity index is 765. The van der Waals surface area contributed by atoms with E-state index in [1.54, 1.807) is 19.1 Å². The Morgan fingerprint density at radius 1 is 1.05 bits per heavy atom. The summed E-state index contributed by atoms with van der Waals surface area (Å²) in [5.41, 5.74) is 0.920. The van der Waals surface area contributed by atoms with E-state index in [-0.39, 0.29) is 16.3 Å². The minimum atomic E-state index is -3.30. The van der Waals surface area contributed by atoms with Crippen molar-refractivity contribution in [2.75, 3.05) is 6.26 Å². The lowest BCUT2D eigenvalue weighted by molar-refractivity contribution is 0.0337. The maximum atomic E-state index is 12.9. The highest BCUT2D eigenvalue weighted by molar-refractivity contribution is 7.90. The van der Waals surface area contributed by atoms with Gasteiger partial charge in [0, 0.05) is 6.26 Å². The quantitative estimate of drug-likeness (QED) is 0.811. The molecule has 1 atom stereocenters. The Balaban J connectivity index is 2.10. The molecule has 0 amide bonds. The number of carbonyl (C=O) groups excluding carboxylic acids is 1. The van der Waals surface area contributed by atoms with Crippen molar-refractivity contribution < 1.29 is 22.3 Å². The molecule has 1 unspecified atom stereocenters. The van der Waals surface area contributed by atoms with E-state index in [0.29, 0.717) is 5.56 Å². The average molecular weight is 322 g/mol. The second-order valence-electron chi connectivity index (χ2n) is 4.90. The molecule has 0 saturated carbocycles. The fourth-order valence-corrected chi connectivity index (χ4v) is 2.50. The van der Waals surface area contributed by atoms with Crippen LogP contribution in [0.1, 0.15) is 28.9 Å². The van der Waals surface area contributed by atoms with Crippen LogP contribution in [0.3, 0.4) is 0 Å². The molecule has 0 aromatic heterocycles. The molecule has 0 heterocycles. The monoisotopic (exact) mass is 322 g/mol. The summed E-state index contributed by atoms with van der Waals surface area (Å²) < 4.78 is 40.8. The van der Waals surface area contributed by atoms with Crippen molar-refractivity contribution >= 4 is 15.8 Å². The first-order valence-electron chi connectivity index (χ1n) is 6.54. The highest BCUT2D eigenvalue weighted by atomic mass is 32.2. The predicted molar refractivity (Wildman–Crippen MR) is 79.8 cm³/mol. The molecular weight excluding hydrogens is 307 g/mol. The molecule has 0 aliphatic carbocycles. The first-order valence-corrected chi connectivity index (χ1v) is 8.43. The van der Waals surface area contributed by atoms with E-state index in [4.69, 9.17) is 4.74 Å². The lowest BCUT2D eigenvalue weighted by Crippen LogP contribution is -2.09. The van der Waals surface area contributed by atoms with Gasteiger partial charge in [-0.1, -0.05) is 12.1 Å². The Morgan fingerprint density at radius 2 is 1.59 bits per heavy atom. The molecule has 0 aliphatic rings. The van der Waals surface area contributed by atoms with E-state index in [1.165, 1.54) is 36.4 Å². The summed E-state index contributed by atoms with van der Waals surface area (Å²) in [6, 6.07) is 11.2. The molecule has 0 radical (unpaired) electrons. The van der Waals surface area contributed by atoms with Crippen LogP contribution in [-0.4, -0.2) is 20.6 Å². The zero-order valence-corrected chi connectivity index (χ0v) is 12.9. The van der Waals surface area contributed by atoms with Gasteiger partial charge in [0.15, 0.2) is 9.84 Å². The maximum Gasteiger partial charge on any atom is 0.338 e. The molecule has 22 heavy (non-hydrogen) atoms. The number of carbonyl (C=O) groups is 1.